The second-order valence-electron chi connectivity index (χ2n) is 4.30. The predicted molar refractivity (Wildman–Crippen MR) is 74.2 cm³/mol. The van der Waals surface area contributed by atoms with Gasteiger partial charge in [-0.25, -0.2) is 0 Å². The molecule has 0 aromatic heterocycles. The molecule has 0 spiro atoms. The number of ether oxygens (including phenoxy) is 2. The van der Waals surface area contributed by atoms with Gasteiger partial charge in [0.1, 0.15) is 11.8 Å². The third kappa shape index (κ3) is 2.69. The number of hydrogen-bond donors (Lipinski definition) is 1. The Morgan fingerprint density at radius 1 is 1.21 bits per heavy atom. The van der Waals surface area contributed by atoms with Crippen molar-refractivity contribution in [3.8, 4) is 5.75 Å². The molecule has 0 saturated heterocycles. The Kier molecular flexibility index (Phi) is 4.02. The Hall–Kier alpha value is -2.07. The lowest BCUT2D eigenvalue weighted by atomic mass is 9.98. The molecular weight excluding hydrogens is 242 g/mol. The third-order valence-corrected chi connectivity index (χ3v) is 3.15. The van der Waals surface area contributed by atoms with E-state index >= 15 is 0 Å². The maximum Gasteiger partial charge on any atom is 0.322 e. The molecule has 0 bridgehead atoms. The number of fused-ring (bicyclic) bond motifs is 1. The van der Waals surface area contributed by atoms with Crippen LogP contribution in [0.15, 0.2) is 36.4 Å². The van der Waals surface area contributed by atoms with E-state index in [9.17, 15) is 4.79 Å². The van der Waals surface area contributed by atoms with E-state index in [4.69, 9.17) is 10.5 Å². The van der Waals surface area contributed by atoms with Crippen molar-refractivity contribution in [1.82, 2.24) is 0 Å². The highest BCUT2D eigenvalue weighted by molar-refractivity contribution is 5.88. The lowest BCUT2D eigenvalue weighted by Gasteiger charge is -2.15. The molecule has 19 heavy (non-hydrogen) atoms. The summed E-state index contributed by atoms with van der Waals surface area (Å²) in [6, 6.07) is 11.1. The smallest absolute Gasteiger partial charge is 0.322 e. The van der Waals surface area contributed by atoms with Gasteiger partial charge in [0, 0.05) is 12.0 Å². The van der Waals surface area contributed by atoms with Crippen LogP contribution >= 0.6 is 0 Å². The summed E-state index contributed by atoms with van der Waals surface area (Å²) in [4.78, 5) is 11.5. The summed E-state index contributed by atoms with van der Waals surface area (Å²) in [5.74, 6) is 0.313. The quantitative estimate of drug-likeness (QED) is 0.852. The van der Waals surface area contributed by atoms with Crippen molar-refractivity contribution in [2.24, 2.45) is 5.73 Å². The molecule has 0 fully saturated rings. The van der Waals surface area contributed by atoms with Gasteiger partial charge in [-0.1, -0.05) is 30.3 Å². The number of benzene rings is 2. The Labute approximate surface area is 112 Å². The lowest BCUT2D eigenvalue weighted by Crippen LogP contribution is -2.33. The van der Waals surface area contributed by atoms with Crippen LogP contribution in [0, 0.1) is 0 Å². The zero-order chi connectivity index (χ0) is 13.8. The first-order chi connectivity index (χ1) is 9.17. The summed E-state index contributed by atoms with van der Waals surface area (Å²) in [6.45, 7) is 0. The first-order valence-electron chi connectivity index (χ1n) is 6.05. The van der Waals surface area contributed by atoms with Crippen molar-refractivity contribution in [3.63, 3.8) is 0 Å². The molecule has 1 atom stereocenters. The van der Waals surface area contributed by atoms with Crippen LogP contribution in [-0.2, 0) is 16.0 Å². The molecule has 2 aromatic carbocycles. The first kappa shape index (κ1) is 13.4. The molecule has 0 aliphatic carbocycles. The van der Waals surface area contributed by atoms with Gasteiger partial charge in [-0.3, -0.25) is 4.79 Å². The second kappa shape index (κ2) is 5.71. The van der Waals surface area contributed by atoms with Gasteiger partial charge < -0.3 is 15.2 Å². The van der Waals surface area contributed by atoms with Gasteiger partial charge in [-0.15, -0.1) is 0 Å². The van der Waals surface area contributed by atoms with Crippen LogP contribution in [0.1, 0.15) is 5.56 Å². The zero-order valence-electron chi connectivity index (χ0n) is 11.1. The lowest BCUT2D eigenvalue weighted by molar-refractivity contribution is -0.142. The standard InChI is InChI=1S/C15H17NO3/c1-18-14-8-7-10-5-3-4-6-11(10)12(14)9-13(16)15(17)19-2/h3-8,13H,9,16H2,1-2H3. The summed E-state index contributed by atoms with van der Waals surface area (Å²) >= 11 is 0. The second-order valence-corrected chi connectivity index (χ2v) is 4.30. The van der Waals surface area contributed by atoms with Gasteiger partial charge in [-0.05, 0) is 16.8 Å². The van der Waals surface area contributed by atoms with E-state index in [-0.39, 0.29) is 0 Å². The Morgan fingerprint density at radius 3 is 2.63 bits per heavy atom. The number of carbonyl (C=O) groups is 1. The molecule has 0 aliphatic rings. The van der Waals surface area contributed by atoms with Crippen molar-refractivity contribution in [2.75, 3.05) is 14.2 Å². The van der Waals surface area contributed by atoms with Crippen LogP contribution in [0.3, 0.4) is 0 Å². The molecule has 4 nitrogen and oxygen atoms in total. The fraction of sp³-hybridized carbons (Fsp3) is 0.267. The average molecular weight is 259 g/mol. The monoisotopic (exact) mass is 259 g/mol. The van der Waals surface area contributed by atoms with Gasteiger partial charge >= 0.3 is 5.97 Å². The maximum absolute atomic E-state index is 11.5. The predicted octanol–water partition coefficient (Wildman–Crippen LogP) is 1.89. The van der Waals surface area contributed by atoms with Crippen molar-refractivity contribution in [3.05, 3.63) is 42.0 Å². The van der Waals surface area contributed by atoms with Crippen molar-refractivity contribution < 1.29 is 14.3 Å². The molecule has 0 saturated carbocycles. The number of methoxy groups -OCH3 is 2. The van der Waals surface area contributed by atoms with E-state index in [0.717, 1.165) is 22.1 Å². The van der Waals surface area contributed by atoms with Crippen LogP contribution < -0.4 is 10.5 Å². The highest BCUT2D eigenvalue weighted by Gasteiger charge is 2.18. The van der Waals surface area contributed by atoms with E-state index < -0.39 is 12.0 Å². The normalized spacial score (nSPS) is 12.2. The van der Waals surface area contributed by atoms with Crippen LogP contribution in [0.2, 0.25) is 0 Å². The molecule has 0 radical (unpaired) electrons. The molecule has 2 N–H and O–H groups in total. The third-order valence-electron chi connectivity index (χ3n) is 3.15. The molecule has 1 unspecified atom stereocenters. The summed E-state index contributed by atoms with van der Waals surface area (Å²) in [7, 11) is 2.94. The van der Waals surface area contributed by atoms with Crippen LogP contribution in [0.25, 0.3) is 10.8 Å². The zero-order valence-corrected chi connectivity index (χ0v) is 11.1. The van der Waals surface area contributed by atoms with E-state index in [1.807, 2.05) is 36.4 Å². The number of rotatable bonds is 4. The van der Waals surface area contributed by atoms with Crippen LogP contribution in [0.5, 0.6) is 5.75 Å². The van der Waals surface area contributed by atoms with Gasteiger partial charge in [0.05, 0.1) is 14.2 Å². The summed E-state index contributed by atoms with van der Waals surface area (Å²) in [6.07, 6.45) is 0.386. The minimum absolute atomic E-state index is 0.386. The number of nitrogens with two attached hydrogens (primary N) is 1. The first-order valence-corrected chi connectivity index (χ1v) is 6.05. The highest BCUT2D eigenvalue weighted by Crippen LogP contribution is 2.28. The fourth-order valence-electron chi connectivity index (χ4n) is 2.17. The largest absolute Gasteiger partial charge is 0.496 e. The van der Waals surface area contributed by atoms with E-state index in [0.29, 0.717) is 6.42 Å². The number of esters is 1. The van der Waals surface area contributed by atoms with Gasteiger partial charge in [0.2, 0.25) is 0 Å². The Morgan fingerprint density at radius 2 is 1.95 bits per heavy atom. The molecule has 0 heterocycles. The minimum atomic E-state index is -0.690. The fourth-order valence-corrected chi connectivity index (χ4v) is 2.17. The van der Waals surface area contributed by atoms with Gasteiger partial charge in [0.15, 0.2) is 0 Å². The van der Waals surface area contributed by atoms with Crippen LogP contribution in [-0.4, -0.2) is 26.2 Å². The SMILES string of the molecule is COC(=O)C(N)Cc1c(OC)ccc2ccccc12. The highest BCUT2D eigenvalue weighted by atomic mass is 16.5. The average Bonchev–Trinajstić information content (AvgIpc) is 2.46. The Bertz CT molecular complexity index is 595. The van der Waals surface area contributed by atoms with Crippen LogP contribution in [0.4, 0.5) is 0 Å². The van der Waals surface area contributed by atoms with Gasteiger partial charge in [0.25, 0.3) is 0 Å². The molecule has 100 valence electrons. The summed E-state index contributed by atoms with van der Waals surface area (Å²) in [5.41, 5.74) is 6.77. The molecule has 0 aliphatic heterocycles. The van der Waals surface area contributed by atoms with E-state index in [1.165, 1.54) is 7.11 Å². The molecule has 0 amide bonds. The number of hydrogen-bond acceptors (Lipinski definition) is 4. The maximum atomic E-state index is 11.5. The van der Waals surface area contributed by atoms with Crippen molar-refractivity contribution >= 4 is 16.7 Å². The molecule has 2 rings (SSSR count). The molecule has 4 heteroatoms. The summed E-state index contributed by atoms with van der Waals surface area (Å²) < 4.78 is 10.0. The Balaban J connectivity index is 2.47. The van der Waals surface area contributed by atoms with E-state index in [1.54, 1.807) is 7.11 Å². The minimum Gasteiger partial charge on any atom is -0.496 e. The van der Waals surface area contributed by atoms with Gasteiger partial charge in [-0.2, -0.15) is 0 Å². The topological polar surface area (TPSA) is 61.5 Å². The van der Waals surface area contributed by atoms with E-state index in [2.05, 4.69) is 4.74 Å². The molecular formula is C15H17NO3. The summed E-state index contributed by atoms with van der Waals surface area (Å²) in [5, 5.41) is 2.14. The van der Waals surface area contributed by atoms with Crippen molar-refractivity contribution in [1.29, 1.82) is 0 Å². The molecule has 2 aromatic rings. The number of carbonyl (C=O) groups excluding carboxylic acids is 1. The van der Waals surface area contributed by atoms with Crippen molar-refractivity contribution in [2.45, 2.75) is 12.5 Å².